The normalized spacial score (nSPS) is 14.8. The summed E-state index contributed by atoms with van der Waals surface area (Å²) in [6, 6.07) is 3.27. The second-order valence-electron chi connectivity index (χ2n) is 3.63. The van der Waals surface area contributed by atoms with Crippen molar-refractivity contribution >= 4 is 5.97 Å². The van der Waals surface area contributed by atoms with E-state index in [0.717, 1.165) is 0 Å². The number of carbonyl (C=O) groups is 1. The van der Waals surface area contributed by atoms with Crippen molar-refractivity contribution in [3.63, 3.8) is 0 Å². The summed E-state index contributed by atoms with van der Waals surface area (Å²) in [5.74, 6) is 0.353. The predicted octanol–water partition coefficient (Wildman–Crippen LogP) is 0.673. The Hall–Kier alpha value is -1.95. The van der Waals surface area contributed by atoms with Crippen LogP contribution in [0.15, 0.2) is 12.1 Å². The van der Waals surface area contributed by atoms with Gasteiger partial charge in [-0.15, -0.1) is 0 Å². The Morgan fingerprint density at radius 3 is 2.72 bits per heavy atom. The number of carbonyl (C=O) groups excluding carboxylic acids is 1. The molecule has 1 aromatic carbocycles. The Labute approximate surface area is 104 Å². The average molecular weight is 254 g/mol. The lowest BCUT2D eigenvalue weighted by Crippen LogP contribution is -2.21. The molecule has 0 bridgehead atoms. The lowest BCUT2D eigenvalue weighted by atomic mass is 10.1. The highest BCUT2D eigenvalue weighted by molar-refractivity contribution is 5.79. The van der Waals surface area contributed by atoms with E-state index in [1.807, 2.05) is 0 Å². The van der Waals surface area contributed by atoms with E-state index in [1.165, 1.54) is 14.2 Å². The molecule has 1 heterocycles. The Balaban J connectivity index is 2.51. The molecule has 0 fully saturated rings. The SMILES string of the molecule is COC(=O)C(O)c1c(OC)ccc2c1OCCO2. The van der Waals surface area contributed by atoms with Gasteiger partial charge in [0.1, 0.15) is 19.0 Å². The van der Waals surface area contributed by atoms with E-state index in [4.69, 9.17) is 14.2 Å². The van der Waals surface area contributed by atoms with Crippen LogP contribution in [0, 0.1) is 0 Å². The molecule has 0 radical (unpaired) electrons. The van der Waals surface area contributed by atoms with Gasteiger partial charge in [0, 0.05) is 0 Å². The molecule has 0 saturated heterocycles. The Morgan fingerprint density at radius 2 is 2.06 bits per heavy atom. The number of aliphatic hydroxyl groups excluding tert-OH is 1. The van der Waals surface area contributed by atoms with Crippen LogP contribution in [-0.2, 0) is 9.53 Å². The number of aliphatic hydroxyl groups is 1. The van der Waals surface area contributed by atoms with E-state index in [0.29, 0.717) is 30.5 Å². The molecule has 1 atom stereocenters. The maximum absolute atomic E-state index is 11.4. The highest BCUT2D eigenvalue weighted by Gasteiger charge is 2.30. The van der Waals surface area contributed by atoms with Gasteiger partial charge in [0.25, 0.3) is 0 Å². The minimum atomic E-state index is -1.47. The molecule has 1 aromatic rings. The lowest BCUT2D eigenvalue weighted by molar-refractivity contribution is -0.150. The van der Waals surface area contributed by atoms with E-state index in [9.17, 15) is 9.90 Å². The number of benzene rings is 1. The van der Waals surface area contributed by atoms with Gasteiger partial charge in [-0.2, -0.15) is 0 Å². The molecule has 18 heavy (non-hydrogen) atoms. The number of methoxy groups -OCH3 is 2. The van der Waals surface area contributed by atoms with Crippen LogP contribution in [0.4, 0.5) is 0 Å². The van der Waals surface area contributed by atoms with Gasteiger partial charge in [-0.1, -0.05) is 0 Å². The van der Waals surface area contributed by atoms with Crippen molar-refractivity contribution in [2.75, 3.05) is 27.4 Å². The molecular weight excluding hydrogens is 240 g/mol. The fraction of sp³-hybridized carbons (Fsp3) is 0.417. The first-order valence-electron chi connectivity index (χ1n) is 5.41. The number of fused-ring (bicyclic) bond motifs is 1. The Kier molecular flexibility index (Phi) is 3.57. The van der Waals surface area contributed by atoms with Crippen LogP contribution in [0.3, 0.4) is 0 Å². The van der Waals surface area contributed by atoms with Crippen LogP contribution in [-0.4, -0.2) is 38.5 Å². The highest BCUT2D eigenvalue weighted by Crippen LogP contribution is 2.42. The highest BCUT2D eigenvalue weighted by atomic mass is 16.6. The van der Waals surface area contributed by atoms with E-state index < -0.39 is 12.1 Å². The molecule has 2 rings (SSSR count). The monoisotopic (exact) mass is 254 g/mol. The molecular formula is C12H14O6. The van der Waals surface area contributed by atoms with Crippen LogP contribution in [0.5, 0.6) is 17.2 Å². The van der Waals surface area contributed by atoms with Gasteiger partial charge >= 0.3 is 5.97 Å². The molecule has 0 aliphatic carbocycles. The van der Waals surface area contributed by atoms with Crippen molar-refractivity contribution in [3.05, 3.63) is 17.7 Å². The van der Waals surface area contributed by atoms with Gasteiger partial charge in [-0.25, -0.2) is 4.79 Å². The molecule has 1 aliphatic heterocycles. The molecule has 98 valence electrons. The maximum atomic E-state index is 11.4. The third-order valence-electron chi connectivity index (χ3n) is 2.63. The molecule has 1 aliphatic rings. The summed E-state index contributed by atoms with van der Waals surface area (Å²) in [5, 5.41) is 9.97. The summed E-state index contributed by atoms with van der Waals surface area (Å²) in [6.45, 7) is 0.772. The summed E-state index contributed by atoms with van der Waals surface area (Å²) < 4.78 is 20.5. The molecule has 0 aromatic heterocycles. The van der Waals surface area contributed by atoms with Crippen LogP contribution < -0.4 is 14.2 Å². The quantitative estimate of drug-likeness (QED) is 0.799. The van der Waals surface area contributed by atoms with Gasteiger partial charge < -0.3 is 24.1 Å². The third kappa shape index (κ3) is 2.06. The zero-order valence-electron chi connectivity index (χ0n) is 10.1. The molecule has 6 heteroatoms. The molecule has 0 amide bonds. The molecule has 1 unspecified atom stereocenters. The minimum Gasteiger partial charge on any atom is -0.496 e. The van der Waals surface area contributed by atoms with Crippen molar-refractivity contribution < 1.29 is 28.8 Å². The van der Waals surface area contributed by atoms with Gasteiger partial charge in [-0.3, -0.25) is 0 Å². The summed E-state index contributed by atoms with van der Waals surface area (Å²) in [7, 11) is 2.64. The summed E-state index contributed by atoms with van der Waals surface area (Å²) in [6.07, 6.45) is -1.47. The predicted molar refractivity (Wildman–Crippen MR) is 61.0 cm³/mol. The third-order valence-corrected chi connectivity index (χ3v) is 2.63. The van der Waals surface area contributed by atoms with Gasteiger partial charge in [0.2, 0.25) is 0 Å². The van der Waals surface area contributed by atoms with Crippen molar-refractivity contribution in [2.45, 2.75) is 6.10 Å². The number of hydrogen-bond acceptors (Lipinski definition) is 6. The molecule has 6 nitrogen and oxygen atoms in total. The van der Waals surface area contributed by atoms with Crippen molar-refractivity contribution in [1.82, 2.24) is 0 Å². The summed E-state index contributed by atoms with van der Waals surface area (Å²) >= 11 is 0. The van der Waals surface area contributed by atoms with E-state index >= 15 is 0 Å². The van der Waals surface area contributed by atoms with Crippen LogP contribution in [0.2, 0.25) is 0 Å². The largest absolute Gasteiger partial charge is 0.496 e. The van der Waals surface area contributed by atoms with Crippen molar-refractivity contribution in [2.24, 2.45) is 0 Å². The zero-order chi connectivity index (χ0) is 13.1. The topological polar surface area (TPSA) is 74.2 Å². The number of esters is 1. The second-order valence-corrected chi connectivity index (χ2v) is 3.63. The summed E-state index contributed by atoms with van der Waals surface area (Å²) in [4.78, 5) is 11.4. The van der Waals surface area contributed by atoms with E-state index in [1.54, 1.807) is 12.1 Å². The van der Waals surface area contributed by atoms with Gasteiger partial charge in [0.05, 0.1) is 19.8 Å². The van der Waals surface area contributed by atoms with Gasteiger partial charge in [0.15, 0.2) is 17.6 Å². The fourth-order valence-electron chi connectivity index (χ4n) is 1.79. The number of ether oxygens (including phenoxy) is 4. The first kappa shape index (κ1) is 12.5. The number of hydrogen-bond donors (Lipinski definition) is 1. The smallest absolute Gasteiger partial charge is 0.339 e. The lowest BCUT2D eigenvalue weighted by Gasteiger charge is -2.24. The van der Waals surface area contributed by atoms with E-state index in [2.05, 4.69) is 4.74 Å². The van der Waals surface area contributed by atoms with E-state index in [-0.39, 0.29) is 5.56 Å². The first-order valence-corrected chi connectivity index (χ1v) is 5.41. The van der Waals surface area contributed by atoms with Crippen molar-refractivity contribution in [3.8, 4) is 17.2 Å². The number of rotatable bonds is 3. The average Bonchev–Trinajstić information content (AvgIpc) is 2.44. The Morgan fingerprint density at radius 1 is 1.33 bits per heavy atom. The van der Waals surface area contributed by atoms with Crippen LogP contribution in [0.1, 0.15) is 11.7 Å². The summed E-state index contributed by atoms with van der Waals surface area (Å²) in [5.41, 5.74) is 0.224. The minimum absolute atomic E-state index is 0.224. The standard InChI is InChI=1S/C12H14O6/c1-15-7-3-4-8-11(18-6-5-17-8)9(7)10(13)12(14)16-2/h3-4,10,13H,5-6H2,1-2H3. The van der Waals surface area contributed by atoms with Gasteiger partial charge in [-0.05, 0) is 12.1 Å². The second kappa shape index (κ2) is 5.14. The van der Waals surface area contributed by atoms with Crippen molar-refractivity contribution in [1.29, 1.82) is 0 Å². The molecule has 0 saturated carbocycles. The Bertz CT molecular complexity index is 456. The fourth-order valence-corrected chi connectivity index (χ4v) is 1.79. The molecule has 0 spiro atoms. The zero-order valence-corrected chi connectivity index (χ0v) is 10.1. The molecule has 1 N–H and O–H groups in total. The van der Waals surface area contributed by atoms with Crippen LogP contribution in [0.25, 0.3) is 0 Å². The maximum Gasteiger partial charge on any atom is 0.339 e. The first-order chi connectivity index (χ1) is 8.69. The van der Waals surface area contributed by atoms with Crippen LogP contribution >= 0.6 is 0 Å².